The Morgan fingerprint density at radius 1 is 1.08 bits per heavy atom. The van der Waals surface area contributed by atoms with E-state index in [9.17, 15) is 19.8 Å². The number of rotatable bonds is 14. The Labute approximate surface area is 314 Å². The fraction of sp³-hybridized carbons (Fsp3) is 0.293. The van der Waals surface area contributed by atoms with Crippen LogP contribution in [-0.4, -0.2) is 45.2 Å². The van der Waals surface area contributed by atoms with Crippen LogP contribution in [0.5, 0.6) is 5.75 Å². The van der Waals surface area contributed by atoms with Crippen molar-refractivity contribution in [2.75, 3.05) is 18.6 Å². The van der Waals surface area contributed by atoms with Crippen LogP contribution in [0.25, 0.3) is 27.0 Å². The van der Waals surface area contributed by atoms with E-state index in [1.807, 2.05) is 30.3 Å². The van der Waals surface area contributed by atoms with E-state index in [2.05, 4.69) is 77.1 Å². The van der Waals surface area contributed by atoms with Crippen LogP contribution < -0.4 is 19.3 Å². The van der Waals surface area contributed by atoms with E-state index in [1.54, 1.807) is 18.9 Å². The Hall–Kier alpha value is -4.01. The first-order valence-corrected chi connectivity index (χ1v) is 20.1. The number of hydrogen-bond acceptors (Lipinski definition) is 6. The summed E-state index contributed by atoms with van der Waals surface area (Å²) in [6, 6.07) is 20.8. The number of ether oxygens (including phenoxy) is 1. The molecule has 10 heteroatoms. The number of nitrogens with zero attached hydrogens (tertiary/aromatic N) is 2. The number of anilines is 1. The molecule has 3 aromatic carbocycles. The SMILES string of the molecule is COc1cc2c(cc1Cl)N(CCCCCC(=O)[O-])/C(=C/C1=CC(=C/C=C/c3[se]c4ccc(-c5ccccc5)cc4[n+]3CCC(=O)O)/CC(C)C1)S2. The molecule has 2 aliphatic rings. The predicted octanol–water partition coefficient (Wildman–Crippen LogP) is 8.05. The van der Waals surface area contributed by atoms with Crippen molar-refractivity contribution in [2.24, 2.45) is 5.92 Å². The van der Waals surface area contributed by atoms with Gasteiger partial charge >= 0.3 is 246 Å². The molecule has 4 aromatic rings. The van der Waals surface area contributed by atoms with Gasteiger partial charge in [0.15, 0.2) is 0 Å². The monoisotopic (exact) mass is 788 g/mol. The molecule has 0 saturated carbocycles. The zero-order chi connectivity index (χ0) is 35.9. The number of thioether (sulfide) groups is 1. The number of benzene rings is 3. The minimum atomic E-state index is -1.01. The van der Waals surface area contributed by atoms with Gasteiger partial charge in [0.2, 0.25) is 0 Å². The van der Waals surface area contributed by atoms with Crippen LogP contribution in [0.4, 0.5) is 5.69 Å². The number of carboxylic acids is 2. The Morgan fingerprint density at radius 3 is 2.67 bits per heavy atom. The topological polar surface area (TPSA) is 93.8 Å². The summed E-state index contributed by atoms with van der Waals surface area (Å²) in [5.74, 6) is -0.694. The maximum absolute atomic E-state index is 11.6. The number of aliphatic carboxylic acids is 2. The second kappa shape index (κ2) is 17.0. The number of carbonyl (C=O) groups is 2. The van der Waals surface area contributed by atoms with Gasteiger partial charge in [0, 0.05) is 5.97 Å². The number of carboxylic acid groups (broad SMARTS) is 2. The third kappa shape index (κ3) is 9.27. The van der Waals surface area contributed by atoms with Gasteiger partial charge in [-0.15, -0.1) is 0 Å². The van der Waals surface area contributed by atoms with Gasteiger partial charge in [-0.1, -0.05) is 18.0 Å². The minimum absolute atomic E-state index is 0.0671. The van der Waals surface area contributed by atoms with Crippen molar-refractivity contribution >= 4 is 71.3 Å². The van der Waals surface area contributed by atoms with Crippen molar-refractivity contribution in [3.63, 3.8) is 0 Å². The summed E-state index contributed by atoms with van der Waals surface area (Å²) in [4.78, 5) is 25.9. The molecule has 264 valence electrons. The average molecular weight is 788 g/mol. The van der Waals surface area contributed by atoms with Crippen LogP contribution in [0, 0.1) is 5.92 Å². The normalized spacial score (nSPS) is 17.4. The standard InChI is InChI=1S/C41H41ClN2O5SSe/c1-27-20-28(10-9-13-39-44(19-17-41(47)48)34-24-31(15-16-37(34)51-39)30-11-5-3-6-12-30)22-29(21-27)23-38-43(18-8-4-7-14-40(45)46)33-25-32(42)35(49-2)26-36(33)50-38/h3,5-6,9-13,15-16,22-27H,4,7-8,14,17-21H2,1-2H3,(H-,45,46,47,48). The average Bonchev–Trinajstić information content (AvgIpc) is 3.62. The molecular formula is C41H41ClN2O5SSe. The van der Waals surface area contributed by atoms with Gasteiger partial charge in [0.25, 0.3) is 0 Å². The van der Waals surface area contributed by atoms with E-state index in [0.717, 1.165) is 69.1 Å². The van der Waals surface area contributed by atoms with Crippen LogP contribution in [0.1, 0.15) is 56.4 Å². The first-order valence-electron chi connectivity index (χ1n) is 17.2. The summed E-state index contributed by atoms with van der Waals surface area (Å²) in [7, 11) is 1.62. The van der Waals surface area contributed by atoms with E-state index < -0.39 is 11.9 Å². The molecule has 0 amide bonds. The second-order valence-electron chi connectivity index (χ2n) is 13.0. The van der Waals surface area contributed by atoms with Crippen molar-refractivity contribution < 1.29 is 29.1 Å². The van der Waals surface area contributed by atoms with E-state index >= 15 is 0 Å². The zero-order valence-corrected chi connectivity index (χ0v) is 32.1. The molecule has 1 aliphatic heterocycles. The van der Waals surface area contributed by atoms with Crippen molar-refractivity contribution in [1.29, 1.82) is 0 Å². The number of fused-ring (bicyclic) bond motifs is 2. The van der Waals surface area contributed by atoms with E-state index in [0.29, 0.717) is 29.7 Å². The Kier molecular flexibility index (Phi) is 12.3. The summed E-state index contributed by atoms with van der Waals surface area (Å²) in [5.41, 5.74) is 6.92. The molecule has 1 atom stereocenters. The quantitative estimate of drug-likeness (QED) is 0.0786. The van der Waals surface area contributed by atoms with Crippen molar-refractivity contribution in [3.05, 3.63) is 111 Å². The van der Waals surface area contributed by atoms with Crippen molar-refractivity contribution in [1.82, 2.24) is 0 Å². The van der Waals surface area contributed by atoms with Gasteiger partial charge in [-0.2, -0.15) is 0 Å². The fourth-order valence-corrected chi connectivity index (χ4v) is 10.3. The molecule has 1 N–H and O–H groups in total. The number of hydrogen-bond donors (Lipinski definition) is 1. The predicted molar refractivity (Wildman–Crippen MR) is 205 cm³/mol. The molecule has 1 unspecified atom stereocenters. The molecule has 6 rings (SSSR count). The molecular weight excluding hydrogens is 747 g/mol. The van der Waals surface area contributed by atoms with Gasteiger partial charge in [0.05, 0.1) is 12.1 Å². The zero-order valence-electron chi connectivity index (χ0n) is 28.8. The molecule has 0 radical (unpaired) electrons. The van der Waals surface area contributed by atoms with Gasteiger partial charge in [-0.25, -0.2) is 0 Å². The first-order chi connectivity index (χ1) is 24.7. The number of carbonyl (C=O) groups excluding carboxylic acids is 1. The van der Waals surface area contributed by atoms with E-state index in [1.165, 1.54) is 15.4 Å². The van der Waals surface area contributed by atoms with Crippen molar-refractivity contribution in [3.8, 4) is 16.9 Å². The van der Waals surface area contributed by atoms with E-state index in [-0.39, 0.29) is 27.3 Å². The summed E-state index contributed by atoms with van der Waals surface area (Å²) in [6.07, 6.45) is 15.4. The number of aryl methyl sites for hydroxylation is 1. The van der Waals surface area contributed by atoms with Gasteiger partial charge in [-0.3, -0.25) is 0 Å². The molecule has 0 bridgehead atoms. The fourth-order valence-electron chi connectivity index (χ4n) is 6.65. The molecule has 7 nitrogen and oxygen atoms in total. The maximum atomic E-state index is 11.6. The van der Waals surface area contributed by atoms with Crippen LogP contribution in [-0.2, 0) is 16.1 Å². The Morgan fingerprint density at radius 2 is 1.90 bits per heavy atom. The molecule has 2 heterocycles. The number of methoxy groups -OCH3 is 1. The molecule has 1 aromatic heterocycles. The van der Waals surface area contributed by atoms with Gasteiger partial charge in [-0.05, 0) is 12.8 Å². The van der Waals surface area contributed by atoms with Gasteiger partial charge in [0.1, 0.15) is 5.75 Å². The summed E-state index contributed by atoms with van der Waals surface area (Å²) in [6.45, 7) is 3.46. The third-order valence-corrected chi connectivity index (χ3v) is 12.8. The van der Waals surface area contributed by atoms with Gasteiger partial charge < -0.3 is 14.6 Å². The van der Waals surface area contributed by atoms with Crippen LogP contribution in [0.2, 0.25) is 5.02 Å². The molecule has 1 aliphatic carbocycles. The summed E-state index contributed by atoms with van der Waals surface area (Å²) >= 11 is 8.33. The Balaban J connectivity index is 1.26. The second-order valence-corrected chi connectivity index (χ2v) is 16.7. The van der Waals surface area contributed by atoms with E-state index in [4.69, 9.17) is 16.3 Å². The molecule has 0 fully saturated rings. The number of halogens is 1. The third-order valence-electron chi connectivity index (χ3n) is 9.05. The summed E-state index contributed by atoms with van der Waals surface area (Å²) in [5, 5.41) is 22.1. The number of allylic oxidation sites excluding steroid dienone is 6. The molecule has 0 spiro atoms. The number of aromatic nitrogens is 1. The molecule has 0 saturated heterocycles. The first kappa shape index (κ1) is 36.8. The van der Waals surface area contributed by atoms with Crippen LogP contribution in [0.3, 0.4) is 0 Å². The van der Waals surface area contributed by atoms with Crippen LogP contribution >= 0.6 is 23.4 Å². The number of unbranched alkanes of at least 4 members (excludes halogenated alkanes) is 2. The Bertz CT molecular complexity index is 2050. The summed E-state index contributed by atoms with van der Waals surface area (Å²) < 4.78 is 10.1. The van der Waals surface area contributed by atoms with Crippen LogP contribution in [0.15, 0.2) is 106 Å². The molecule has 51 heavy (non-hydrogen) atoms. The van der Waals surface area contributed by atoms with Crippen molar-refractivity contribution in [2.45, 2.75) is 63.3 Å².